The van der Waals surface area contributed by atoms with Gasteiger partial charge in [0.05, 0.1) is 18.5 Å². The number of rotatable bonds is 6. The molecule has 0 unspecified atom stereocenters. The van der Waals surface area contributed by atoms with E-state index in [-0.39, 0.29) is 18.3 Å². The number of hydrogen-bond acceptors (Lipinski definition) is 8. The SMILES string of the molecule is C[Si](C)[C@@]1(n2cnc3c(NC(=O)c4ccccc4)ncnc32)O[C@H](CO)[C@@H](O)[C@H]1OC(C)(C)C. The molecule has 3 aromatic rings. The van der Waals surface area contributed by atoms with Gasteiger partial charge in [0.15, 0.2) is 22.3 Å². The molecule has 4 rings (SSSR count). The summed E-state index contributed by atoms with van der Waals surface area (Å²) in [6.07, 6.45) is 0.259. The molecule has 3 heterocycles. The van der Waals surface area contributed by atoms with Crippen LogP contribution in [0.15, 0.2) is 43.0 Å². The summed E-state index contributed by atoms with van der Waals surface area (Å²) in [5.41, 5.74) is 0.721. The van der Waals surface area contributed by atoms with Crippen LogP contribution in [-0.2, 0) is 14.8 Å². The van der Waals surface area contributed by atoms with Crippen LogP contribution in [0.3, 0.4) is 0 Å². The quantitative estimate of drug-likeness (QED) is 0.453. The number of carbonyl (C=O) groups excluding carboxylic acids is 1. The molecular formula is C23H30N5O5Si. The second-order valence-corrected chi connectivity index (χ2v) is 12.2. The van der Waals surface area contributed by atoms with Crippen molar-refractivity contribution in [3.8, 4) is 0 Å². The number of aromatic nitrogens is 4. The van der Waals surface area contributed by atoms with Crippen LogP contribution in [0.5, 0.6) is 0 Å². The number of aliphatic hydroxyl groups is 2. The van der Waals surface area contributed by atoms with Crippen molar-refractivity contribution >= 4 is 31.7 Å². The predicted molar refractivity (Wildman–Crippen MR) is 128 cm³/mol. The molecule has 34 heavy (non-hydrogen) atoms. The van der Waals surface area contributed by atoms with Crippen LogP contribution in [0, 0.1) is 0 Å². The Morgan fingerprint density at radius 3 is 2.56 bits per heavy atom. The van der Waals surface area contributed by atoms with E-state index in [0.717, 1.165) is 0 Å². The summed E-state index contributed by atoms with van der Waals surface area (Å²) >= 11 is 0. The third-order valence-corrected chi connectivity index (χ3v) is 7.82. The Morgan fingerprint density at radius 2 is 1.94 bits per heavy atom. The molecule has 0 bridgehead atoms. The van der Waals surface area contributed by atoms with E-state index in [4.69, 9.17) is 9.47 Å². The van der Waals surface area contributed by atoms with Crippen LogP contribution in [0.4, 0.5) is 5.82 Å². The first-order valence-corrected chi connectivity index (χ1v) is 13.6. The average molecular weight is 485 g/mol. The Hall–Kier alpha value is -2.70. The number of benzene rings is 1. The van der Waals surface area contributed by atoms with Gasteiger partial charge >= 0.3 is 0 Å². The number of carbonyl (C=O) groups is 1. The lowest BCUT2D eigenvalue weighted by molar-refractivity contribution is -0.152. The van der Waals surface area contributed by atoms with E-state index in [9.17, 15) is 15.0 Å². The largest absolute Gasteiger partial charge is 0.394 e. The van der Waals surface area contributed by atoms with Crippen LogP contribution in [0.25, 0.3) is 11.2 Å². The summed E-state index contributed by atoms with van der Waals surface area (Å²) in [7, 11) is -1.40. The highest BCUT2D eigenvalue weighted by atomic mass is 28.3. The lowest BCUT2D eigenvalue weighted by Crippen LogP contribution is -2.57. The smallest absolute Gasteiger partial charge is 0.256 e. The van der Waals surface area contributed by atoms with Crippen molar-refractivity contribution in [2.75, 3.05) is 11.9 Å². The third kappa shape index (κ3) is 4.25. The summed E-state index contributed by atoms with van der Waals surface area (Å²) in [5, 5.41) is 22.6. The van der Waals surface area contributed by atoms with E-state index in [1.54, 1.807) is 35.2 Å². The molecule has 0 saturated carbocycles. The fourth-order valence-electron chi connectivity index (χ4n) is 4.25. The van der Waals surface area contributed by atoms with Crippen molar-refractivity contribution in [1.82, 2.24) is 19.5 Å². The van der Waals surface area contributed by atoms with Gasteiger partial charge in [0, 0.05) is 5.56 Å². The lowest BCUT2D eigenvalue weighted by atomic mass is 10.1. The highest BCUT2D eigenvalue weighted by Crippen LogP contribution is 2.43. The van der Waals surface area contributed by atoms with Crippen molar-refractivity contribution < 1.29 is 24.5 Å². The summed E-state index contributed by atoms with van der Waals surface area (Å²) in [6.45, 7) is 9.43. The van der Waals surface area contributed by atoms with E-state index in [1.165, 1.54) is 6.33 Å². The predicted octanol–water partition coefficient (Wildman–Crippen LogP) is 1.96. The van der Waals surface area contributed by atoms with Crippen LogP contribution < -0.4 is 5.32 Å². The zero-order valence-corrected chi connectivity index (χ0v) is 20.9. The Balaban J connectivity index is 1.81. The standard InChI is InChI=1S/C23H30N5O5Si/c1-22(2,3)33-18-17(30)15(11-29)32-23(18,34(4)5)28-13-26-16-19(24-12-25-20(16)28)27-21(31)14-9-7-6-8-10-14/h6-10,12-13,15,17-18,29-30H,11H2,1-5H3,(H,24,25,27,31)/t15-,17-,18-,23+/m1/s1. The van der Waals surface area contributed by atoms with Crippen molar-refractivity contribution in [1.29, 1.82) is 0 Å². The number of aliphatic hydroxyl groups excluding tert-OH is 2. The molecule has 1 aliphatic heterocycles. The maximum atomic E-state index is 12.7. The van der Waals surface area contributed by atoms with Gasteiger partial charge in [-0.2, -0.15) is 0 Å². The Morgan fingerprint density at radius 1 is 1.24 bits per heavy atom. The first-order chi connectivity index (χ1) is 16.1. The minimum Gasteiger partial charge on any atom is -0.394 e. The number of imidazole rings is 1. The fourth-order valence-corrected chi connectivity index (χ4v) is 6.08. The number of nitrogens with one attached hydrogen (secondary N) is 1. The second-order valence-electron chi connectivity index (χ2n) is 9.51. The molecule has 11 heteroatoms. The Labute approximate surface area is 199 Å². The van der Waals surface area contributed by atoms with Crippen molar-refractivity contribution in [3.63, 3.8) is 0 Å². The Bertz CT molecular complexity index is 1170. The van der Waals surface area contributed by atoms with Gasteiger partial charge in [-0.25, -0.2) is 15.0 Å². The number of fused-ring (bicyclic) bond motifs is 1. The van der Waals surface area contributed by atoms with Crippen molar-refractivity contribution in [3.05, 3.63) is 48.5 Å². The third-order valence-electron chi connectivity index (χ3n) is 5.74. The number of amides is 1. The molecule has 1 amide bonds. The lowest BCUT2D eigenvalue weighted by Gasteiger charge is -2.41. The van der Waals surface area contributed by atoms with Gasteiger partial charge in [-0.3, -0.25) is 9.36 Å². The van der Waals surface area contributed by atoms with Gasteiger partial charge in [0.2, 0.25) is 0 Å². The van der Waals surface area contributed by atoms with Gasteiger partial charge in [0.25, 0.3) is 5.91 Å². The second kappa shape index (κ2) is 9.15. The van der Waals surface area contributed by atoms with Gasteiger partial charge in [-0.1, -0.05) is 31.3 Å². The first kappa shape index (κ1) is 24.4. The van der Waals surface area contributed by atoms with Gasteiger partial charge in [0.1, 0.15) is 33.4 Å². The number of hydrogen-bond donors (Lipinski definition) is 3. The monoisotopic (exact) mass is 484 g/mol. The van der Waals surface area contributed by atoms with E-state index in [2.05, 4.69) is 20.3 Å². The van der Waals surface area contributed by atoms with Crippen LogP contribution in [-0.4, -0.2) is 75.0 Å². The maximum Gasteiger partial charge on any atom is 0.256 e. The molecule has 10 nitrogen and oxygen atoms in total. The molecule has 3 N–H and O–H groups in total. The van der Waals surface area contributed by atoms with Crippen LogP contribution >= 0.6 is 0 Å². The van der Waals surface area contributed by atoms with Crippen LogP contribution in [0.2, 0.25) is 13.1 Å². The highest BCUT2D eigenvalue weighted by molar-refractivity contribution is 6.58. The number of ether oxygens (including phenoxy) is 2. The zero-order chi connectivity index (χ0) is 24.7. The topological polar surface area (TPSA) is 132 Å². The summed E-state index contributed by atoms with van der Waals surface area (Å²) in [5.74, 6) is -0.0540. The molecule has 181 valence electrons. The summed E-state index contributed by atoms with van der Waals surface area (Å²) in [4.78, 5) is 25.9. The molecule has 1 saturated heterocycles. The van der Waals surface area contributed by atoms with E-state index < -0.39 is 38.1 Å². The molecule has 2 aromatic heterocycles. The van der Waals surface area contributed by atoms with Crippen molar-refractivity contribution in [2.45, 2.75) is 63.1 Å². The van der Waals surface area contributed by atoms with E-state index >= 15 is 0 Å². The maximum absolute atomic E-state index is 12.7. The first-order valence-electron chi connectivity index (χ1n) is 11.1. The molecular weight excluding hydrogens is 454 g/mol. The average Bonchev–Trinajstić information content (AvgIpc) is 3.34. The minimum atomic E-state index is -1.40. The van der Waals surface area contributed by atoms with Crippen molar-refractivity contribution in [2.24, 2.45) is 0 Å². The Kier molecular flexibility index (Phi) is 6.58. The van der Waals surface area contributed by atoms with Gasteiger partial charge in [-0.05, 0) is 32.9 Å². The molecule has 1 fully saturated rings. The van der Waals surface area contributed by atoms with E-state index in [1.807, 2.05) is 39.9 Å². The van der Waals surface area contributed by atoms with Crippen LogP contribution in [0.1, 0.15) is 31.1 Å². The highest BCUT2D eigenvalue weighted by Gasteiger charge is 2.60. The van der Waals surface area contributed by atoms with Gasteiger partial charge in [-0.15, -0.1) is 0 Å². The molecule has 0 spiro atoms. The minimum absolute atomic E-state index is 0.263. The molecule has 0 aliphatic carbocycles. The molecule has 1 radical (unpaired) electrons. The molecule has 1 aliphatic rings. The number of anilines is 1. The zero-order valence-electron chi connectivity index (χ0n) is 19.9. The van der Waals surface area contributed by atoms with E-state index in [0.29, 0.717) is 16.7 Å². The number of nitrogens with zero attached hydrogens (tertiary/aromatic N) is 4. The normalized spacial score (nSPS) is 25.2. The summed E-state index contributed by atoms with van der Waals surface area (Å²) in [6, 6.07) is 8.82. The fraction of sp³-hybridized carbons (Fsp3) is 0.478. The van der Waals surface area contributed by atoms with Gasteiger partial charge < -0.3 is 25.0 Å². The molecule has 1 aromatic carbocycles. The molecule has 4 atom stereocenters. The summed E-state index contributed by atoms with van der Waals surface area (Å²) < 4.78 is 14.4.